The van der Waals surface area contributed by atoms with Gasteiger partial charge in [-0.25, -0.2) is 4.39 Å². The van der Waals surface area contributed by atoms with Crippen molar-refractivity contribution in [2.24, 2.45) is 0 Å². The van der Waals surface area contributed by atoms with Crippen molar-refractivity contribution in [3.63, 3.8) is 0 Å². The Kier molecular flexibility index (Phi) is 7.74. The Morgan fingerprint density at radius 2 is 1.87 bits per heavy atom. The first-order valence-corrected chi connectivity index (χ1v) is 9.83. The van der Waals surface area contributed by atoms with E-state index < -0.39 is 6.10 Å². The monoisotopic (exact) mass is 412 g/mol. The van der Waals surface area contributed by atoms with Crippen LogP contribution in [0.25, 0.3) is 0 Å². The number of carbonyl (C=O) groups excluding carboxylic acids is 1. The number of anilines is 1. The van der Waals surface area contributed by atoms with Crippen molar-refractivity contribution in [1.82, 2.24) is 9.80 Å². The van der Waals surface area contributed by atoms with Crippen molar-refractivity contribution >= 4 is 11.6 Å². The molecule has 0 spiro atoms. The zero-order valence-corrected chi connectivity index (χ0v) is 16.6. The summed E-state index contributed by atoms with van der Waals surface area (Å²) in [4.78, 5) is 16.3. The number of aliphatic hydroxyl groups is 1. The average molecular weight is 412 g/mol. The Labute approximate surface area is 175 Å². The van der Waals surface area contributed by atoms with Crippen LogP contribution in [0.5, 0.6) is 5.75 Å². The molecule has 0 saturated carbocycles. The van der Waals surface area contributed by atoms with Gasteiger partial charge in [0.2, 0.25) is 5.91 Å². The van der Waals surface area contributed by atoms with Crippen LogP contribution in [0.15, 0.2) is 48.5 Å². The number of hydrogen-bond acceptors (Lipinski definition) is 6. The van der Waals surface area contributed by atoms with Crippen LogP contribution in [-0.4, -0.2) is 72.8 Å². The van der Waals surface area contributed by atoms with Gasteiger partial charge in [0.15, 0.2) is 0 Å². The van der Waals surface area contributed by atoms with Crippen LogP contribution in [0.4, 0.5) is 10.1 Å². The predicted molar refractivity (Wildman–Crippen MR) is 111 cm³/mol. The van der Waals surface area contributed by atoms with E-state index >= 15 is 0 Å². The molecule has 7 nitrogen and oxygen atoms in total. The molecule has 1 unspecified atom stereocenters. The van der Waals surface area contributed by atoms with Crippen molar-refractivity contribution < 1.29 is 19.0 Å². The zero-order valence-electron chi connectivity index (χ0n) is 16.6. The second kappa shape index (κ2) is 10.7. The summed E-state index contributed by atoms with van der Waals surface area (Å²) in [6.45, 7) is 3.79. The molecule has 2 aromatic rings. The van der Waals surface area contributed by atoms with Crippen LogP contribution in [0.1, 0.15) is 5.56 Å². The number of ether oxygens (including phenoxy) is 1. The summed E-state index contributed by atoms with van der Waals surface area (Å²) in [7, 11) is 0. The lowest BCUT2D eigenvalue weighted by Crippen LogP contribution is -2.50. The molecule has 0 aromatic heterocycles. The van der Waals surface area contributed by atoms with Crippen LogP contribution in [-0.2, 0) is 4.79 Å². The predicted octanol–water partition coefficient (Wildman–Crippen LogP) is 1.69. The van der Waals surface area contributed by atoms with Crippen molar-refractivity contribution in [2.45, 2.75) is 6.10 Å². The highest BCUT2D eigenvalue weighted by Gasteiger charge is 2.21. The van der Waals surface area contributed by atoms with Gasteiger partial charge in [0, 0.05) is 38.4 Å². The fraction of sp³-hybridized carbons (Fsp3) is 0.364. The van der Waals surface area contributed by atoms with E-state index in [2.05, 4.69) is 10.2 Å². The standard InChI is InChI=1S/C22H25FN4O3/c23-18-2-1-3-19(12-18)25-22(29)15-27-10-8-26(9-11-27)14-20(28)16-30-21-6-4-17(13-24)5-7-21/h1-7,12,20,28H,8-11,14-16H2,(H,25,29). The number of nitriles is 1. The molecule has 2 N–H and O–H groups in total. The Bertz CT molecular complexity index is 877. The highest BCUT2D eigenvalue weighted by Crippen LogP contribution is 2.13. The Hall–Kier alpha value is -2.99. The van der Waals surface area contributed by atoms with E-state index in [4.69, 9.17) is 10.00 Å². The quantitative estimate of drug-likeness (QED) is 0.686. The number of hydrogen-bond donors (Lipinski definition) is 2. The number of amides is 1. The third-order valence-electron chi connectivity index (χ3n) is 4.84. The topological polar surface area (TPSA) is 88.8 Å². The highest BCUT2D eigenvalue weighted by molar-refractivity contribution is 5.92. The maximum Gasteiger partial charge on any atom is 0.238 e. The van der Waals surface area contributed by atoms with Gasteiger partial charge in [-0.05, 0) is 42.5 Å². The van der Waals surface area contributed by atoms with Gasteiger partial charge < -0.3 is 15.2 Å². The van der Waals surface area contributed by atoms with E-state index in [0.717, 1.165) is 13.1 Å². The fourth-order valence-corrected chi connectivity index (χ4v) is 3.27. The maximum atomic E-state index is 13.2. The lowest BCUT2D eigenvalue weighted by molar-refractivity contribution is -0.117. The molecule has 30 heavy (non-hydrogen) atoms. The minimum atomic E-state index is -0.636. The summed E-state index contributed by atoms with van der Waals surface area (Å²) < 4.78 is 18.8. The summed E-state index contributed by atoms with van der Waals surface area (Å²) in [6.07, 6.45) is -0.636. The second-order valence-electron chi connectivity index (χ2n) is 7.24. The van der Waals surface area contributed by atoms with E-state index in [1.165, 1.54) is 12.1 Å². The number of nitrogens with one attached hydrogen (secondary N) is 1. The van der Waals surface area contributed by atoms with E-state index in [-0.39, 0.29) is 24.9 Å². The first-order chi connectivity index (χ1) is 14.5. The van der Waals surface area contributed by atoms with E-state index in [0.29, 0.717) is 36.6 Å². The van der Waals surface area contributed by atoms with Crippen molar-refractivity contribution in [1.29, 1.82) is 5.26 Å². The maximum absolute atomic E-state index is 13.2. The van der Waals surface area contributed by atoms with Crippen LogP contribution >= 0.6 is 0 Å². The molecular weight excluding hydrogens is 387 g/mol. The molecule has 1 fully saturated rings. The number of halogens is 1. The molecule has 1 amide bonds. The third kappa shape index (κ3) is 6.81. The normalized spacial score (nSPS) is 15.9. The molecule has 1 saturated heterocycles. The smallest absolute Gasteiger partial charge is 0.238 e. The largest absolute Gasteiger partial charge is 0.491 e. The van der Waals surface area contributed by atoms with Gasteiger partial charge in [-0.1, -0.05) is 6.07 Å². The Balaban J connectivity index is 1.34. The van der Waals surface area contributed by atoms with E-state index in [1.807, 2.05) is 11.0 Å². The fourth-order valence-electron chi connectivity index (χ4n) is 3.27. The van der Waals surface area contributed by atoms with Crippen LogP contribution in [0, 0.1) is 17.1 Å². The zero-order chi connectivity index (χ0) is 21.3. The minimum Gasteiger partial charge on any atom is -0.491 e. The number of benzene rings is 2. The number of aliphatic hydroxyl groups excluding tert-OH is 1. The van der Waals surface area contributed by atoms with Gasteiger partial charge in [0.1, 0.15) is 24.3 Å². The molecule has 1 aliphatic heterocycles. The van der Waals surface area contributed by atoms with Crippen molar-refractivity contribution in [3.8, 4) is 11.8 Å². The number of nitrogens with zero attached hydrogens (tertiary/aromatic N) is 3. The number of β-amino-alcohol motifs (C(OH)–C–C–N with tert-alkyl or cyclic N) is 1. The molecule has 1 atom stereocenters. The number of carbonyl (C=O) groups is 1. The van der Waals surface area contributed by atoms with Crippen LogP contribution < -0.4 is 10.1 Å². The molecular formula is C22H25FN4O3. The SMILES string of the molecule is N#Cc1ccc(OCC(O)CN2CCN(CC(=O)Nc3cccc(F)c3)CC2)cc1. The van der Waals surface area contributed by atoms with Crippen molar-refractivity contribution in [2.75, 3.05) is 51.2 Å². The van der Waals surface area contributed by atoms with E-state index in [9.17, 15) is 14.3 Å². The lowest BCUT2D eigenvalue weighted by Gasteiger charge is -2.35. The molecule has 3 rings (SSSR count). The van der Waals surface area contributed by atoms with Gasteiger partial charge >= 0.3 is 0 Å². The summed E-state index contributed by atoms with van der Waals surface area (Å²) >= 11 is 0. The summed E-state index contributed by atoms with van der Waals surface area (Å²) in [5.74, 6) is 0.0511. The lowest BCUT2D eigenvalue weighted by atomic mass is 10.2. The summed E-state index contributed by atoms with van der Waals surface area (Å²) in [5.41, 5.74) is 1.01. The van der Waals surface area contributed by atoms with E-state index in [1.54, 1.807) is 36.4 Å². The molecule has 1 aliphatic rings. The first kappa shape index (κ1) is 21.7. The van der Waals surface area contributed by atoms with Gasteiger partial charge in [0.05, 0.1) is 18.2 Å². The second-order valence-corrected chi connectivity index (χ2v) is 7.24. The number of piperazine rings is 1. The third-order valence-corrected chi connectivity index (χ3v) is 4.84. The molecule has 0 radical (unpaired) electrons. The highest BCUT2D eigenvalue weighted by atomic mass is 19.1. The van der Waals surface area contributed by atoms with Gasteiger partial charge in [-0.3, -0.25) is 14.6 Å². The number of rotatable bonds is 8. The van der Waals surface area contributed by atoms with Gasteiger partial charge in [-0.2, -0.15) is 5.26 Å². The molecule has 0 bridgehead atoms. The van der Waals surface area contributed by atoms with Gasteiger partial charge in [-0.15, -0.1) is 0 Å². The molecule has 2 aromatic carbocycles. The molecule has 158 valence electrons. The van der Waals surface area contributed by atoms with Crippen molar-refractivity contribution in [3.05, 3.63) is 59.9 Å². The Morgan fingerprint density at radius 3 is 2.53 bits per heavy atom. The Morgan fingerprint density at radius 1 is 1.17 bits per heavy atom. The average Bonchev–Trinajstić information content (AvgIpc) is 2.74. The summed E-state index contributed by atoms with van der Waals surface area (Å²) in [5, 5.41) is 21.7. The van der Waals surface area contributed by atoms with Crippen LogP contribution in [0.3, 0.4) is 0 Å². The minimum absolute atomic E-state index is 0.169. The molecule has 0 aliphatic carbocycles. The van der Waals surface area contributed by atoms with Crippen LogP contribution in [0.2, 0.25) is 0 Å². The van der Waals surface area contributed by atoms with Gasteiger partial charge in [0.25, 0.3) is 0 Å². The molecule has 8 heteroatoms. The first-order valence-electron chi connectivity index (χ1n) is 9.83. The summed E-state index contributed by atoms with van der Waals surface area (Å²) in [6, 6.07) is 14.6. The molecule has 1 heterocycles.